The predicted molar refractivity (Wildman–Crippen MR) is 424 cm³/mol. The van der Waals surface area contributed by atoms with Crippen LogP contribution in [0, 0.1) is 69.9 Å². The number of hydrogen-bond acceptors (Lipinski definition) is 25. The third-order valence-electron chi connectivity index (χ3n) is 23.2. The van der Waals surface area contributed by atoms with Gasteiger partial charge < -0.3 is 45.6 Å². The van der Waals surface area contributed by atoms with Crippen LogP contribution in [0.4, 0.5) is 32.1 Å². The van der Waals surface area contributed by atoms with Crippen LogP contribution in [0.5, 0.6) is 5.75 Å². The largest absolute Gasteiger partial charge is 0.497 e. The number of ether oxygens (including phenoxy) is 1. The number of benzene rings is 4. The minimum absolute atomic E-state index is 0.00475. The molecular formula is C82H86F2N28O5. The second-order valence-electron chi connectivity index (χ2n) is 31.0. The molecule has 12 aromatic rings. The van der Waals surface area contributed by atoms with Gasteiger partial charge in [-0.05, 0) is 164 Å². The number of halogens is 2. The molecule has 0 spiro atoms. The molecule has 12 heterocycles. The topological polar surface area (TPSA) is 365 Å². The first-order valence-corrected chi connectivity index (χ1v) is 39.2. The van der Waals surface area contributed by atoms with Gasteiger partial charge in [-0.15, -0.1) is 0 Å². The molecule has 4 saturated carbocycles. The predicted octanol–water partition coefficient (Wildman–Crippen LogP) is 8.92. The van der Waals surface area contributed by atoms with E-state index in [1.807, 2.05) is 67.5 Å². The second-order valence-corrected chi connectivity index (χ2v) is 31.0. The number of hydrogen-bond donors (Lipinski definition) is 4. The highest BCUT2D eigenvalue weighted by Crippen LogP contribution is 2.45. The van der Waals surface area contributed by atoms with Gasteiger partial charge in [0.25, 0.3) is 23.6 Å². The van der Waals surface area contributed by atoms with Crippen LogP contribution in [-0.4, -0.2) is 225 Å². The number of aryl methyl sites for hydroxylation is 5. The Kier molecular flexibility index (Phi) is 21.3. The van der Waals surface area contributed by atoms with E-state index in [1.165, 1.54) is 68.2 Å². The number of fused-ring (bicyclic) bond motifs is 8. The first-order valence-electron chi connectivity index (χ1n) is 39.2. The quantitative estimate of drug-likeness (QED) is 0.0660. The van der Waals surface area contributed by atoms with Crippen molar-refractivity contribution in [1.29, 1.82) is 0 Å². The minimum Gasteiger partial charge on any atom is -0.497 e. The number of likely N-dealkylation sites (tertiary alicyclic amines) is 4. The molecule has 4 amide bonds. The minimum atomic E-state index is -0.568. The number of carbonyl (C=O) groups excluding carboxylic acids is 4. The lowest BCUT2D eigenvalue weighted by molar-refractivity contribution is 0.0680. The first-order chi connectivity index (χ1) is 56.9. The Morgan fingerprint density at radius 2 is 0.744 bits per heavy atom. The van der Waals surface area contributed by atoms with Crippen molar-refractivity contribution < 1.29 is 32.7 Å². The fraction of sp³-hybridized carbons (Fsp3) is 0.366. The molecule has 4 aliphatic heterocycles. The van der Waals surface area contributed by atoms with Crippen molar-refractivity contribution in [3.63, 3.8) is 0 Å². The molecule has 20 rings (SSSR count). The van der Waals surface area contributed by atoms with E-state index in [4.69, 9.17) is 4.74 Å². The fourth-order valence-corrected chi connectivity index (χ4v) is 18.1. The van der Waals surface area contributed by atoms with E-state index in [0.29, 0.717) is 82.3 Å². The third-order valence-corrected chi connectivity index (χ3v) is 23.2. The summed E-state index contributed by atoms with van der Waals surface area (Å²) in [7, 11) is 1.60. The molecule has 8 fully saturated rings. The monoisotopic (exact) mass is 1580 g/mol. The van der Waals surface area contributed by atoms with Gasteiger partial charge in [-0.1, -0.05) is 18.2 Å². The number of piperidine rings is 4. The van der Waals surface area contributed by atoms with Gasteiger partial charge in [0, 0.05) is 56.4 Å². The number of amides is 4. The molecule has 0 radical (unpaired) electrons. The van der Waals surface area contributed by atoms with E-state index in [-0.39, 0.29) is 83.1 Å². The Bertz CT molecular complexity index is 5430. The van der Waals surface area contributed by atoms with Gasteiger partial charge in [0.2, 0.25) is 0 Å². The fourth-order valence-electron chi connectivity index (χ4n) is 18.1. The Balaban J connectivity index is 0.000000112. The third kappa shape index (κ3) is 16.0. The summed E-state index contributed by atoms with van der Waals surface area (Å²) in [5.74, 6) is 3.81. The number of aromatic nitrogens is 20. The highest BCUT2D eigenvalue weighted by Gasteiger charge is 2.52. The van der Waals surface area contributed by atoms with Gasteiger partial charge in [0.1, 0.15) is 63.3 Å². The van der Waals surface area contributed by atoms with Gasteiger partial charge >= 0.3 is 0 Å². The van der Waals surface area contributed by atoms with Crippen molar-refractivity contribution in [2.75, 3.05) is 54.6 Å². The van der Waals surface area contributed by atoms with Crippen LogP contribution < -0.4 is 26.0 Å². The zero-order valence-corrected chi connectivity index (χ0v) is 65.1. The van der Waals surface area contributed by atoms with E-state index < -0.39 is 11.6 Å². The van der Waals surface area contributed by atoms with Gasteiger partial charge in [0.15, 0.2) is 0 Å². The zero-order chi connectivity index (χ0) is 80.5. The molecule has 12 unspecified atom stereocenters. The average Bonchev–Trinajstić information content (AvgIpc) is 1.64. The van der Waals surface area contributed by atoms with Crippen molar-refractivity contribution in [3.05, 3.63) is 234 Å². The summed E-state index contributed by atoms with van der Waals surface area (Å²) in [5.41, 5.74) is 8.09. The van der Waals surface area contributed by atoms with E-state index >= 15 is 0 Å². The SMILES string of the molecule is COc1ccc(C(=O)N2CC3CC(Nc4cnc(C)cn4)C2C3)c(-n2nccn2)c1.Cc1cnc(NC2CC3CC2N(C(=O)c2c(F)cccc2-n2nccn2)C3)cn1.Cc1cnc(NC2CC3CC2N(C(=O)c2cc(F)ccc2-n2nccn2)C3)cn1.Cc1cnc(NC2CC3CC2N(C(=O)c2cccc(C)c2-n2nccn2)C3)cn1. The number of methoxy groups -OCH3 is 1. The molecule has 8 aliphatic rings. The summed E-state index contributed by atoms with van der Waals surface area (Å²) in [6, 6.07) is 20.5. The molecule has 12 atom stereocenters. The van der Waals surface area contributed by atoms with Gasteiger partial charge in [0.05, 0.1) is 176 Å². The van der Waals surface area contributed by atoms with Crippen molar-refractivity contribution in [2.45, 2.75) is 134 Å². The van der Waals surface area contributed by atoms with E-state index in [9.17, 15) is 28.0 Å². The van der Waals surface area contributed by atoms with Crippen LogP contribution in [-0.2, 0) is 0 Å². The lowest BCUT2D eigenvalue weighted by Crippen LogP contribution is -2.48. The molecule has 4 aliphatic carbocycles. The van der Waals surface area contributed by atoms with Crippen LogP contribution >= 0.6 is 0 Å². The van der Waals surface area contributed by atoms with Crippen LogP contribution in [0.1, 0.15) is 121 Å². The van der Waals surface area contributed by atoms with Crippen molar-refractivity contribution in [2.24, 2.45) is 23.7 Å². The highest BCUT2D eigenvalue weighted by molar-refractivity contribution is 6.01. The molecule has 4 aromatic carbocycles. The van der Waals surface area contributed by atoms with Crippen molar-refractivity contribution >= 4 is 46.9 Å². The molecule has 8 bridgehead atoms. The lowest BCUT2D eigenvalue weighted by atomic mass is 10.0. The smallest absolute Gasteiger partial charge is 0.259 e. The summed E-state index contributed by atoms with van der Waals surface area (Å²) >= 11 is 0. The normalized spacial score (nSPS) is 22.7. The van der Waals surface area contributed by atoms with E-state index in [2.05, 4.69) is 102 Å². The number of nitrogens with one attached hydrogen (secondary N) is 4. The molecule has 598 valence electrons. The Hall–Kier alpha value is -13.5. The maximum Gasteiger partial charge on any atom is 0.259 e. The number of anilines is 4. The van der Waals surface area contributed by atoms with Crippen molar-refractivity contribution in [3.8, 4) is 28.5 Å². The molecular weight excluding hydrogens is 1500 g/mol. The van der Waals surface area contributed by atoms with Crippen LogP contribution in [0.25, 0.3) is 22.7 Å². The van der Waals surface area contributed by atoms with Crippen LogP contribution in [0.3, 0.4) is 0 Å². The first kappa shape index (κ1) is 76.1. The molecule has 35 heteroatoms. The maximum absolute atomic E-state index is 14.7. The molecule has 33 nitrogen and oxygen atoms in total. The summed E-state index contributed by atoms with van der Waals surface area (Å²) < 4.78 is 34.0. The van der Waals surface area contributed by atoms with E-state index in [1.54, 1.807) is 117 Å². The number of para-hydroxylation sites is 1. The van der Waals surface area contributed by atoms with E-state index in [0.717, 1.165) is 110 Å². The maximum atomic E-state index is 14.7. The standard InChI is InChI=1S/C21H23N7O2.C21H23N7O.2C20H20FN7O/c1-13-10-23-20(11-22-13)26-17-7-14-8-19(17)27(12-14)21(29)16-4-3-15(30-2)9-18(16)28-24-5-6-25-28;1-13-4-3-5-16(20(13)28-24-6-7-25-28)21(29)27-12-15-8-17(18(27)9-15)26-19-11-22-14(2)10-23-19;1-12-9-23-19(10-22-12)26-16-6-13-7-18(16)27(11-13)20(29)15-8-14(21)2-3-17(15)28-24-4-5-25-28;1-12-9-23-18(10-22-12)26-15-7-13-8-17(15)27(11-13)20(29)19-14(21)3-2-4-16(19)28-24-5-6-25-28/h3-6,9-11,14,17,19H,7-8,12H2,1-2H3,(H,23,26);3-7,10-11,15,17-18H,8-9,12H2,1-2H3,(H,23,26);2-5,8-10,13,16,18H,6-7,11H2,1H3,(H,23,26);2-6,9-10,13,15,17H,7-8,11H2,1H3,(H,23,26). The summed E-state index contributed by atoms with van der Waals surface area (Å²) in [4.78, 5) is 102. The van der Waals surface area contributed by atoms with Crippen LogP contribution in [0.2, 0.25) is 0 Å². The molecule has 117 heavy (non-hydrogen) atoms. The number of carbonyl (C=O) groups is 4. The number of rotatable bonds is 17. The highest BCUT2D eigenvalue weighted by atomic mass is 19.1. The van der Waals surface area contributed by atoms with Crippen molar-refractivity contribution in [1.82, 2.24) is 119 Å². The Labute approximate surface area is 671 Å². The summed E-state index contributed by atoms with van der Waals surface area (Å²) in [6.07, 6.45) is 34.2. The summed E-state index contributed by atoms with van der Waals surface area (Å²) in [5, 5.41) is 47.0. The van der Waals surface area contributed by atoms with Gasteiger partial charge in [-0.2, -0.15) is 60.0 Å². The van der Waals surface area contributed by atoms with Gasteiger partial charge in [-0.25, -0.2) is 28.7 Å². The van der Waals surface area contributed by atoms with Crippen LogP contribution in [0.15, 0.2) is 172 Å². The average molecular weight is 1580 g/mol. The zero-order valence-electron chi connectivity index (χ0n) is 65.1. The number of nitrogens with zero attached hydrogens (tertiary/aromatic N) is 24. The second kappa shape index (κ2) is 32.8. The molecule has 8 aromatic heterocycles. The Morgan fingerprint density at radius 3 is 1.15 bits per heavy atom. The van der Waals surface area contributed by atoms with Gasteiger partial charge in [-0.3, -0.25) is 39.1 Å². The summed E-state index contributed by atoms with van der Waals surface area (Å²) in [6.45, 7) is 12.4. The molecule has 4 saturated heterocycles. The lowest BCUT2D eigenvalue weighted by Gasteiger charge is -2.34. The molecule has 4 N–H and O–H groups in total. The Morgan fingerprint density at radius 1 is 0.368 bits per heavy atom.